The van der Waals surface area contributed by atoms with Crippen molar-refractivity contribution in [3.05, 3.63) is 88.2 Å². The number of hydrogen-bond donors (Lipinski definition) is 3. The van der Waals surface area contributed by atoms with E-state index in [4.69, 9.17) is 0 Å². The number of benzene rings is 1. The second kappa shape index (κ2) is 8.50. The molecule has 0 fully saturated rings. The summed E-state index contributed by atoms with van der Waals surface area (Å²) >= 11 is 0. The molecule has 1 aliphatic rings. The van der Waals surface area contributed by atoms with Crippen molar-refractivity contribution in [3.63, 3.8) is 0 Å². The highest BCUT2D eigenvalue weighted by Crippen LogP contribution is 2.29. The molecule has 1 amide bonds. The lowest BCUT2D eigenvalue weighted by Crippen LogP contribution is -2.38. The van der Waals surface area contributed by atoms with Crippen LogP contribution in [-0.2, 0) is 17.8 Å². The first kappa shape index (κ1) is 20.9. The van der Waals surface area contributed by atoms with Crippen LogP contribution in [-0.4, -0.2) is 25.4 Å². The van der Waals surface area contributed by atoms with Gasteiger partial charge in [0.1, 0.15) is 17.5 Å². The number of aromatic amines is 1. The number of carbonyl (C=O) groups is 1. The molecule has 4 heterocycles. The van der Waals surface area contributed by atoms with Crippen LogP contribution in [0.1, 0.15) is 42.4 Å². The summed E-state index contributed by atoms with van der Waals surface area (Å²) in [4.78, 5) is 37.7. The molecule has 3 N–H and O–H groups in total. The molecule has 33 heavy (non-hydrogen) atoms. The van der Waals surface area contributed by atoms with Gasteiger partial charge in [0.2, 0.25) is 5.91 Å². The second-order valence-corrected chi connectivity index (χ2v) is 8.22. The van der Waals surface area contributed by atoms with Gasteiger partial charge >= 0.3 is 0 Å². The van der Waals surface area contributed by atoms with Crippen LogP contribution in [0.3, 0.4) is 0 Å². The molecule has 9 heteroatoms. The van der Waals surface area contributed by atoms with Crippen LogP contribution in [0, 0.1) is 5.82 Å². The summed E-state index contributed by atoms with van der Waals surface area (Å²) in [6.45, 7) is 1.97. The normalized spacial score (nSPS) is 16.1. The van der Waals surface area contributed by atoms with E-state index in [0.29, 0.717) is 24.3 Å². The number of nitrogens with zero attached hydrogens (tertiary/aromatic N) is 3. The average Bonchev–Trinajstić information content (AvgIpc) is 3.26. The van der Waals surface area contributed by atoms with Gasteiger partial charge in [-0.2, -0.15) is 0 Å². The SMILES string of the molecule is CC(C(=O)NCc1cc2cnccc2[nH]1)n1cnc2c(c1=O)NC(c1ccc(F)cc1)CC2. The number of anilines is 1. The highest BCUT2D eigenvalue weighted by molar-refractivity contribution is 5.81. The fourth-order valence-corrected chi connectivity index (χ4v) is 4.17. The number of fused-ring (bicyclic) bond motifs is 2. The fourth-order valence-electron chi connectivity index (χ4n) is 4.17. The van der Waals surface area contributed by atoms with Gasteiger partial charge in [-0.25, -0.2) is 9.37 Å². The minimum atomic E-state index is -0.741. The van der Waals surface area contributed by atoms with Crippen LogP contribution >= 0.6 is 0 Å². The molecule has 8 nitrogen and oxygen atoms in total. The van der Waals surface area contributed by atoms with Gasteiger partial charge in [-0.15, -0.1) is 0 Å². The number of amides is 1. The van der Waals surface area contributed by atoms with Crippen molar-refractivity contribution in [1.29, 1.82) is 0 Å². The average molecular weight is 446 g/mol. The molecule has 3 aromatic heterocycles. The number of H-pyrrole nitrogens is 1. The number of halogens is 1. The third-order valence-corrected chi connectivity index (χ3v) is 6.06. The Morgan fingerprint density at radius 1 is 1.30 bits per heavy atom. The van der Waals surface area contributed by atoms with Crippen molar-refractivity contribution in [2.75, 3.05) is 5.32 Å². The van der Waals surface area contributed by atoms with E-state index in [0.717, 1.165) is 28.6 Å². The highest BCUT2D eigenvalue weighted by Gasteiger charge is 2.26. The maximum atomic E-state index is 13.3. The topological polar surface area (TPSA) is 105 Å². The largest absolute Gasteiger partial charge is 0.372 e. The summed E-state index contributed by atoms with van der Waals surface area (Å²) < 4.78 is 14.6. The van der Waals surface area contributed by atoms with Gasteiger partial charge in [0.05, 0.1) is 24.6 Å². The molecule has 0 saturated heterocycles. The van der Waals surface area contributed by atoms with Crippen LogP contribution in [0.25, 0.3) is 10.9 Å². The zero-order valence-corrected chi connectivity index (χ0v) is 18.0. The lowest BCUT2D eigenvalue weighted by molar-refractivity contribution is -0.124. The van der Waals surface area contributed by atoms with Gasteiger partial charge in [-0.05, 0) is 49.6 Å². The van der Waals surface area contributed by atoms with E-state index in [2.05, 4.69) is 25.6 Å². The van der Waals surface area contributed by atoms with E-state index in [-0.39, 0.29) is 23.3 Å². The number of pyridine rings is 1. The quantitative estimate of drug-likeness (QED) is 0.437. The molecule has 0 bridgehead atoms. The monoisotopic (exact) mass is 446 g/mol. The summed E-state index contributed by atoms with van der Waals surface area (Å²) in [6, 6.07) is 9.17. The van der Waals surface area contributed by atoms with Gasteiger partial charge < -0.3 is 15.6 Å². The first-order valence-corrected chi connectivity index (χ1v) is 10.8. The Morgan fingerprint density at radius 3 is 2.91 bits per heavy atom. The second-order valence-electron chi connectivity index (χ2n) is 8.22. The Hall–Kier alpha value is -4.01. The molecule has 2 atom stereocenters. The molecule has 168 valence electrons. The lowest BCUT2D eigenvalue weighted by atomic mass is 9.96. The molecule has 0 aliphatic carbocycles. The number of aryl methyl sites for hydroxylation is 1. The predicted molar refractivity (Wildman–Crippen MR) is 122 cm³/mol. The van der Waals surface area contributed by atoms with Crippen molar-refractivity contribution < 1.29 is 9.18 Å². The Balaban J connectivity index is 1.31. The lowest BCUT2D eigenvalue weighted by Gasteiger charge is -2.27. The number of nitrogens with one attached hydrogen (secondary N) is 3. The van der Waals surface area contributed by atoms with Crippen LogP contribution in [0.15, 0.2) is 59.9 Å². The molecular weight excluding hydrogens is 423 g/mol. The zero-order chi connectivity index (χ0) is 22.9. The van der Waals surface area contributed by atoms with Crippen molar-refractivity contribution in [2.24, 2.45) is 0 Å². The van der Waals surface area contributed by atoms with Crippen LogP contribution in [0.2, 0.25) is 0 Å². The third-order valence-electron chi connectivity index (χ3n) is 6.06. The summed E-state index contributed by atoms with van der Waals surface area (Å²) in [5.41, 5.74) is 3.45. The summed E-state index contributed by atoms with van der Waals surface area (Å²) in [6.07, 6.45) is 6.25. The first-order chi connectivity index (χ1) is 16.0. The maximum Gasteiger partial charge on any atom is 0.277 e. The standard InChI is InChI=1S/C24H23FN6O2/c1-14(23(32)27-12-18-10-16-11-26-9-8-20(16)29-18)31-13-28-21-7-6-19(30-22(21)24(31)33)15-2-4-17(25)5-3-15/h2-5,8-11,13-14,19,29-30H,6-7,12H2,1H3,(H,27,32). The summed E-state index contributed by atoms with van der Waals surface area (Å²) in [5.74, 6) is -0.593. The molecule has 1 aromatic carbocycles. The van der Waals surface area contributed by atoms with Crippen molar-refractivity contribution in [3.8, 4) is 0 Å². The molecule has 2 unspecified atom stereocenters. The Morgan fingerprint density at radius 2 is 2.12 bits per heavy atom. The number of carbonyl (C=O) groups excluding carboxylic acids is 1. The third kappa shape index (κ3) is 4.09. The first-order valence-electron chi connectivity index (χ1n) is 10.8. The molecule has 5 rings (SSSR count). The van der Waals surface area contributed by atoms with Crippen LogP contribution in [0.4, 0.5) is 10.1 Å². The van der Waals surface area contributed by atoms with Crippen LogP contribution in [0.5, 0.6) is 0 Å². The van der Waals surface area contributed by atoms with Crippen molar-refractivity contribution >= 4 is 22.5 Å². The van der Waals surface area contributed by atoms with Gasteiger partial charge in [-0.3, -0.25) is 19.1 Å². The van der Waals surface area contributed by atoms with Gasteiger partial charge in [-0.1, -0.05) is 12.1 Å². The molecule has 4 aromatic rings. The van der Waals surface area contributed by atoms with E-state index in [1.54, 1.807) is 31.5 Å². The zero-order valence-electron chi connectivity index (χ0n) is 18.0. The molecule has 0 spiro atoms. The number of aromatic nitrogens is 4. The fraction of sp³-hybridized carbons (Fsp3) is 0.250. The van der Waals surface area contributed by atoms with Crippen molar-refractivity contribution in [2.45, 2.75) is 38.4 Å². The Labute approximate surface area is 188 Å². The van der Waals surface area contributed by atoms with E-state index < -0.39 is 6.04 Å². The number of hydrogen-bond acceptors (Lipinski definition) is 5. The van der Waals surface area contributed by atoms with E-state index in [1.165, 1.54) is 23.0 Å². The minimum absolute atomic E-state index is 0.121. The van der Waals surface area contributed by atoms with Gasteiger partial charge in [0.25, 0.3) is 5.56 Å². The van der Waals surface area contributed by atoms with Gasteiger partial charge in [0.15, 0.2) is 0 Å². The minimum Gasteiger partial charge on any atom is -0.372 e. The molecule has 0 radical (unpaired) electrons. The predicted octanol–water partition coefficient (Wildman–Crippen LogP) is 3.24. The van der Waals surface area contributed by atoms with E-state index in [9.17, 15) is 14.0 Å². The van der Waals surface area contributed by atoms with Crippen molar-refractivity contribution in [1.82, 2.24) is 24.8 Å². The van der Waals surface area contributed by atoms with Crippen LogP contribution < -0.4 is 16.2 Å². The highest BCUT2D eigenvalue weighted by atomic mass is 19.1. The van der Waals surface area contributed by atoms with E-state index >= 15 is 0 Å². The Bertz CT molecular complexity index is 1340. The molecule has 0 saturated carbocycles. The smallest absolute Gasteiger partial charge is 0.277 e. The molecule has 1 aliphatic heterocycles. The Kier molecular flexibility index (Phi) is 5.37. The summed E-state index contributed by atoms with van der Waals surface area (Å²) in [7, 11) is 0. The van der Waals surface area contributed by atoms with E-state index in [1.807, 2.05) is 12.1 Å². The molecular formula is C24H23FN6O2. The maximum absolute atomic E-state index is 13.3. The van der Waals surface area contributed by atoms with Gasteiger partial charge in [0, 0.05) is 29.0 Å². The number of rotatable bonds is 5. The summed E-state index contributed by atoms with van der Waals surface area (Å²) in [5, 5.41) is 7.08.